The fourth-order valence-corrected chi connectivity index (χ4v) is 4.02. The summed E-state index contributed by atoms with van der Waals surface area (Å²) in [6, 6.07) is 27.8. The SMILES string of the molecule is COC(=O)c1c(-c2ccccc2)c2c(n1-c1ccccc1)-c1ccccc1OC2. The molecule has 0 amide bonds. The van der Waals surface area contributed by atoms with E-state index in [-0.39, 0.29) is 5.97 Å². The third kappa shape index (κ3) is 2.72. The van der Waals surface area contributed by atoms with Gasteiger partial charge >= 0.3 is 5.97 Å². The molecule has 0 radical (unpaired) electrons. The molecule has 1 aliphatic rings. The summed E-state index contributed by atoms with van der Waals surface area (Å²) in [6.07, 6.45) is 0. The maximum Gasteiger partial charge on any atom is 0.355 e. The number of para-hydroxylation sites is 2. The van der Waals surface area contributed by atoms with E-state index in [1.807, 2.05) is 89.5 Å². The Morgan fingerprint density at radius 3 is 2.28 bits per heavy atom. The zero-order chi connectivity index (χ0) is 19.8. The van der Waals surface area contributed by atoms with Crippen LogP contribution in [0.15, 0.2) is 84.9 Å². The minimum Gasteiger partial charge on any atom is -0.488 e. The van der Waals surface area contributed by atoms with Crippen LogP contribution in [-0.2, 0) is 11.3 Å². The molecule has 4 aromatic rings. The van der Waals surface area contributed by atoms with Gasteiger partial charge in [0.2, 0.25) is 0 Å². The standard InChI is InChI=1S/C25H19NO3/c1-28-25(27)24-22(17-10-4-2-5-11-17)20-16-29-21-15-9-8-14-19(21)23(20)26(24)18-12-6-3-7-13-18/h2-15H,16H2,1H3. The second kappa shape index (κ2) is 6.99. The number of esters is 1. The number of hydrogen-bond donors (Lipinski definition) is 0. The maximum atomic E-state index is 13.0. The van der Waals surface area contributed by atoms with Crippen LogP contribution in [0.25, 0.3) is 28.1 Å². The summed E-state index contributed by atoms with van der Waals surface area (Å²) in [5, 5.41) is 0. The van der Waals surface area contributed by atoms with E-state index in [1.165, 1.54) is 7.11 Å². The van der Waals surface area contributed by atoms with E-state index in [0.717, 1.165) is 39.4 Å². The van der Waals surface area contributed by atoms with Crippen molar-refractivity contribution in [3.05, 3.63) is 96.2 Å². The molecule has 0 atom stereocenters. The molecular weight excluding hydrogens is 362 g/mol. The van der Waals surface area contributed by atoms with Gasteiger partial charge in [-0.25, -0.2) is 4.79 Å². The molecule has 5 rings (SSSR count). The summed E-state index contributed by atoms with van der Waals surface area (Å²) >= 11 is 0. The Kier molecular flexibility index (Phi) is 4.17. The van der Waals surface area contributed by atoms with Crippen molar-refractivity contribution in [1.29, 1.82) is 0 Å². The van der Waals surface area contributed by atoms with Crippen LogP contribution in [0.1, 0.15) is 16.1 Å². The Labute approximate surface area is 168 Å². The largest absolute Gasteiger partial charge is 0.488 e. The van der Waals surface area contributed by atoms with Gasteiger partial charge in [-0.05, 0) is 29.8 Å². The lowest BCUT2D eigenvalue weighted by atomic mass is 9.96. The number of fused-ring (bicyclic) bond motifs is 3. The van der Waals surface area contributed by atoms with Crippen molar-refractivity contribution in [2.75, 3.05) is 7.11 Å². The van der Waals surface area contributed by atoms with Crippen LogP contribution < -0.4 is 4.74 Å². The quantitative estimate of drug-likeness (QED) is 0.441. The fourth-order valence-electron chi connectivity index (χ4n) is 4.02. The third-order valence-electron chi connectivity index (χ3n) is 5.24. The molecule has 142 valence electrons. The molecule has 1 aromatic heterocycles. The van der Waals surface area contributed by atoms with Crippen LogP contribution >= 0.6 is 0 Å². The fraction of sp³-hybridized carbons (Fsp3) is 0.0800. The summed E-state index contributed by atoms with van der Waals surface area (Å²) in [5.74, 6) is 0.435. The van der Waals surface area contributed by atoms with Gasteiger partial charge in [-0.15, -0.1) is 0 Å². The molecule has 4 heteroatoms. The van der Waals surface area contributed by atoms with E-state index in [0.29, 0.717) is 12.3 Å². The van der Waals surface area contributed by atoms with Crippen molar-refractivity contribution in [1.82, 2.24) is 4.57 Å². The number of carbonyl (C=O) groups is 1. The van der Waals surface area contributed by atoms with Crippen molar-refractivity contribution < 1.29 is 14.3 Å². The molecule has 0 spiro atoms. The molecule has 0 aliphatic carbocycles. The highest BCUT2D eigenvalue weighted by Gasteiger charge is 2.33. The Morgan fingerprint density at radius 1 is 0.897 bits per heavy atom. The molecule has 0 bridgehead atoms. The number of ether oxygens (including phenoxy) is 2. The smallest absolute Gasteiger partial charge is 0.355 e. The molecule has 0 unspecified atom stereocenters. The van der Waals surface area contributed by atoms with Crippen LogP contribution in [0.3, 0.4) is 0 Å². The first-order chi connectivity index (χ1) is 14.3. The number of hydrogen-bond acceptors (Lipinski definition) is 3. The minimum atomic E-state index is -0.375. The van der Waals surface area contributed by atoms with Crippen LogP contribution in [0, 0.1) is 0 Å². The predicted octanol–water partition coefficient (Wildman–Crippen LogP) is 5.49. The van der Waals surface area contributed by atoms with Crippen LogP contribution in [0.5, 0.6) is 5.75 Å². The zero-order valence-corrected chi connectivity index (χ0v) is 16.0. The Hall–Kier alpha value is -3.79. The molecule has 0 N–H and O–H groups in total. The Morgan fingerprint density at radius 2 is 1.55 bits per heavy atom. The Balaban J connectivity index is 1.94. The van der Waals surface area contributed by atoms with E-state index < -0.39 is 0 Å². The van der Waals surface area contributed by atoms with Gasteiger partial charge in [0.15, 0.2) is 0 Å². The topological polar surface area (TPSA) is 40.5 Å². The number of benzene rings is 3. The first-order valence-electron chi connectivity index (χ1n) is 9.48. The van der Waals surface area contributed by atoms with Crippen molar-refractivity contribution in [2.24, 2.45) is 0 Å². The zero-order valence-electron chi connectivity index (χ0n) is 16.0. The van der Waals surface area contributed by atoms with E-state index in [9.17, 15) is 4.79 Å². The summed E-state index contributed by atoms with van der Waals surface area (Å²) < 4.78 is 13.3. The second-order valence-corrected chi connectivity index (χ2v) is 6.86. The van der Waals surface area contributed by atoms with Crippen molar-refractivity contribution in [3.8, 4) is 33.8 Å². The van der Waals surface area contributed by atoms with E-state index in [4.69, 9.17) is 9.47 Å². The number of rotatable bonds is 3. The van der Waals surface area contributed by atoms with Gasteiger partial charge in [0.05, 0.1) is 12.8 Å². The number of methoxy groups -OCH3 is 1. The van der Waals surface area contributed by atoms with Crippen molar-refractivity contribution >= 4 is 5.97 Å². The average molecular weight is 381 g/mol. The lowest BCUT2D eigenvalue weighted by molar-refractivity contribution is 0.0592. The summed E-state index contributed by atoms with van der Waals surface area (Å²) in [5.41, 5.74) is 6.15. The van der Waals surface area contributed by atoms with Gasteiger partial charge in [0.25, 0.3) is 0 Å². The monoisotopic (exact) mass is 381 g/mol. The van der Waals surface area contributed by atoms with Crippen LogP contribution in [-0.4, -0.2) is 17.6 Å². The second-order valence-electron chi connectivity index (χ2n) is 6.86. The lowest BCUT2D eigenvalue weighted by Gasteiger charge is -2.21. The van der Waals surface area contributed by atoms with Gasteiger partial charge in [0, 0.05) is 22.4 Å². The summed E-state index contributed by atoms with van der Waals surface area (Å²) in [4.78, 5) is 13.0. The first-order valence-corrected chi connectivity index (χ1v) is 9.48. The van der Waals surface area contributed by atoms with Gasteiger partial charge < -0.3 is 14.0 Å². The molecule has 0 saturated carbocycles. The van der Waals surface area contributed by atoms with E-state index in [2.05, 4.69) is 0 Å². The van der Waals surface area contributed by atoms with Crippen molar-refractivity contribution in [2.45, 2.75) is 6.61 Å². The van der Waals surface area contributed by atoms with Gasteiger partial charge in [0.1, 0.15) is 18.1 Å². The van der Waals surface area contributed by atoms with Gasteiger partial charge in [-0.1, -0.05) is 60.7 Å². The normalized spacial score (nSPS) is 11.9. The maximum absolute atomic E-state index is 13.0. The summed E-state index contributed by atoms with van der Waals surface area (Å²) in [7, 11) is 1.42. The van der Waals surface area contributed by atoms with Crippen LogP contribution in [0.4, 0.5) is 0 Å². The summed E-state index contributed by atoms with van der Waals surface area (Å²) in [6.45, 7) is 0.389. The van der Waals surface area contributed by atoms with Gasteiger partial charge in [-0.2, -0.15) is 0 Å². The average Bonchev–Trinajstić information content (AvgIpc) is 3.15. The predicted molar refractivity (Wildman–Crippen MR) is 112 cm³/mol. The first kappa shape index (κ1) is 17.3. The van der Waals surface area contributed by atoms with Gasteiger partial charge in [-0.3, -0.25) is 0 Å². The van der Waals surface area contributed by atoms with Crippen LogP contribution in [0.2, 0.25) is 0 Å². The minimum absolute atomic E-state index is 0.375. The number of aromatic nitrogens is 1. The van der Waals surface area contributed by atoms with E-state index in [1.54, 1.807) is 0 Å². The molecule has 0 saturated heterocycles. The van der Waals surface area contributed by atoms with Crippen molar-refractivity contribution in [3.63, 3.8) is 0 Å². The molecular formula is C25H19NO3. The molecule has 1 aliphatic heterocycles. The molecule has 29 heavy (non-hydrogen) atoms. The highest BCUT2D eigenvalue weighted by atomic mass is 16.5. The molecule has 2 heterocycles. The highest BCUT2D eigenvalue weighted by Crippen LogP contribution is 2.46. The molecule has 0 fully saturated rings. The molecule has 4 nitrogen and oxygen atoms in total. The lowest BCUT2D eigenvalue weighted by Crippen LogP contribution is -2.12. The number of carbonyl (C=O) groups excluding carboxylic acids is 1. The molecule has 3 aromatic carbocycles. The highest BCUT2D eigenvalue weighted by molar-refractivity contribution is 6.01. The van der Waals surface area contributed by atoms with E-state index >= 15 is 0 Å². The third-order valence-corrected chi connectivity index (χ3v) is 5.24. The number of nitrogens with zero attached hydrogens (tertiary/aromatic N) is 1. The Bertz CT molecular complexity index is 1190.